The van der Waals surface area contributed by atoms with Crippen LogP contribution in [0, 0.1) is 17.0 Å². The Balaban J connectivity index is 1.37. The Bertz CT molecular complexity index is 1180. The van der Waals surface area contributed by atoms with Crippen molar-refractivity contribution in [3.63, 3.8) is 0 Å². The van der Waals surface area contributed by atoms with Gasteiger partial charge in [-0.05, 0) is 31.9 Å². The number of aromatic nitrogens is 4. The van der Waals surface area contributed by atoms with E-state index in [1.807, 2.05) is 13.0 Å². The monoisotopic (exact) mass is 436 g/mol. The summed E-state index contributed by atoms with van der Waals surface area (Å²) in [5, 5.41) is 15.8. The number of likely N-dealkylation sites (tertiary alicyclic amines) is 1. The van der Waals surface area contributed by atoms with E-state index in [4.69, 9.17) is 0 Å². The number of aryl methyl sites for hydroxylation is 1. The second-order valence-corrected chi connectivity index (χ2v) is 8.16. The van der Waals surface area contributed by atoms with E-state index in [0.29, 0.717) is 32.0 Å². The van der Waals surface area contributed by atoms with E-state index in [1.54, 1.807) is 21.5 Å². The van der Waals surface area contributed by atoms with E-state index in [-0.39, 0.29) is 17.2 Å². The van der Waals surface area contributed by atoms with E-state index in [9.17, 15) is 14.9 Å². The number of fused-ring (bicyclic) bond motifs is 1. The quantitative estimate of drug-likeness (QED) is 0.450. The highest BCUT2D eigenvalue weighted by molar-refractivity contribution is 5.99. The largest absolute Gasteiger partial charge is 0.368 e. The predicted molar refractivity (Wildman–Crippen MR) is 118 cm³/mol. The van der Waals surface area contributed by atoms with Gasteiger partial charge in [-0.3, -0.25) is 14.9 Å². The normalized spacial score (nSPS) is 16.7. The van der Waals surface area contributed by atoms with Crippen LogP contribution in [0.3, 0.4) is 0 Å². The zero-order valence-corrected chi connectivity index (χ0v) is 17.8. The number of benzene rings is 1. The summed E-state index contributed by atoms with van der Waals surface area (Å²) in [6.07, 6.45) is 3.38. The number of hydrogen-bond acceptors (Lipinski definition) is 8. The first-order chi connectivity index (χ1) is 15.5. The molecule has 0 atom stereocenters. The minimum atomic E-state index is -0.472. The summed E-state index contributed by atoms with van der Waals surface area (Å²) in [6.45, 7) is 6.15. The first-order valence-electron chi connectivity index (χ1n) is 10.8. The van der Waals surface area contributed by atoms with Gasteiger partial charge in [0.1, 0.15) is 17.7 Å². The first-order valence-corrected chi connectivity index (χ1v) is 10.8. The van der Waals surface area contributed by atoms with Gasteiger partial charge in [0.15, 0.2) is 0 Å². The lowest BCUT2D eigenvalue weighted by molar-refractivity contribution is -0.385. The minimum Gasteiger partial charge on any atom is -0.368 e. The smallest absolute Gasteiger partial charge is 0.282 e. The number of nitrogens with zero attached hydrogens (tertiary/aromatic N) is 8. The van der Waals surface area contributed by atoms with Crippen molar-refractivity contribution in [2.24, 2.45) is 0 Å². The highest BCUT2D eigenvalue weighted by Gasteiger charge is 2.28. The maximum Gasteiger partial charge on any atom is 0.282 e. The molecule has 0 saturated carbocycles. The first kappa shape index (κ1) is 20.2. The second kappa shape index (κ2) is 8.06. The molecule has 2 aliphatic heterocycles. The summed E-state index contributed by atoms with van der Waals surface area (Å²) in [5.74, 6) is 1.26. The molecule has 166 valence electrons. The van der Waals surface area contributed by atoms with Crippen molar-refractivity contribution in [2.45, 2.75) is 19.8 Å². The lowest BCUT2D eigenvalue weighted by atomic mass is 10.1. The Kier molecular flexibility index (Phi) is 5.08. The zero-order valence-electron chi connectivity index (χ0n) is 17.8. The van der Waals surface area contributed by atoms with Gasteiger partial charge in [-0.15, -0.1) is 0 Å². The number of nitro groups is 1. The SMILES string of the molecule is Cc1cc(N2CCN(c3ccc([N+](=O)[O-])c(C(=O)N4CCCC4)c3)CC2)n2ncnc2n1. The van der Waals surface area contributed by atoms with Gasteiger partial charge in [0.2, 0.25) is 0 Å². The van der Waals surface area contributed by atoms with Crippen molar-refractivity contribution >= 4 is 28.9 Å². The van der Waals surface area contributed by atoms with Crippen molar-refractivity contribution < 1.29 is 9.72 Å². The molecule has 0 N–H and O–H groups in total. The summed E-state index contributed by atoms with van der Waals surface area (Å²) < 4.78 is 1.74. The van der Waals surface area contributed by atoms with Crippen molar-refractivity contribution in [1.82, 2.24) is 24.5 Å². The lowest BCUT2D eigenvalue weighted by Crippen LogP contribution is -2.47. The van der Waals surface area contributed by atoms with Crippen LogP contribution in [0.1, 0.15) is 28.9 Å². The van der Waals surface area contributed by atoms with E-state index in [1.165, 1.54) is 12.4 Å². The summed E-state index contributed by atoms with van der Waals surface area (Å²) in [5.41, 5.74) is 1.74. The van der Waals surface area contributed by atoms with Crippen molar-refractivity contribution in [3.05, 3.63) is 52.0 Å². The Labute approximate surface area is 184 Å². The van der Waals surface area contributed by atoms with E-state index >= 15 is 0 Å². The van der Waals surface area contributed by atoms with Crippen molar-refractivity contribution in [1.29, 1.82) is 0 Å². The molecule has 2 aliphatic rings. The number of rotatable bonds is 4. The van der Waals surface area contributed by atoms with Gasteiger partial charge in [0.05, 0.1) is 4.92 Å². The predicted octanol–water partition coefficient (Wildman–Crippen LogP) is 1.90. The maximum absolute atomic E-state index is 12.9. The third-order valence-corrected chi connectivity index (χ3v) is 6.13. The number of carbonyl (C=O) groups excluding carboxylic acids is 1. The number of nitro benzene ring substituents is 1. The summed E-state index contributed by atoms with van der Waals surface area (Å²) in [4.78, 5) is 38.7. The van der Waals surface area contributed by atoms with Crippen LogP contribution in [-0.2, 0) is 0 Å². The van der Waals surface area contributed by atoms with Crippen molar-refractivity contribution in [3.8, 4) is 0 Å². The molecule has 2 saturated heterocycles. The fourth-order valence-electron chi connectivity index (χ4n) is 4.47. The molecule has 11 heteroatoms. The Morgan fingerprint density at radius 2 is 1.75 bits per heavy atom. The fraction of sp³-hybridized carbons (Fsp3) is 0.429. The van der Waals surface area contributed by atoms with Crippen LogP contribution in [0.5, 0.6) is 0 Å². The number of hydrogen-bond donors (Lipinski definition) is 0. The van der Waals surface area contributed by atoms with Gasteiger partial charge in [-0.2, -0.15) is 14.6 Å². The topological polar surface area (TPSA) is 113 Å². The highest BCUT2D eigenvalue weighted by atomic mass is 16.6. The standard InChI is InChI=1S/C21H24N8O3/c1-15-12-19(28-21(24-15)22-14-23-28)26-10-8-25(9-11-26)16-4-5-18(29(31)32)17(13-16)20(30)27-6-2-3-7-27/h4-5,12-14H,2-3,6-11H2,1H3. The average Bonchev–Trinajstić information content (AvgIpc) is 3.50. The summed E-state index contributed by atoms with van der Waals surface area (Å²) in [7, 11) is 0. The van der Waals surface area contributed by atoms with Gasteiger partial charge < -0.3 is 14.7 Å². The molecule has 1 aromatic carbocycles. The van der Waals surface area contributed by atoms with Gasteiger partial charge >= 0.3 is 0 Å². The van der Waals surface area contributed by atoms with Crippen LogP contribution < -0.4 is 9.80 Å². The highest BCUT2D eigenvalue weighted by Crippen LogP contribution is 2.29. The number of amides is 1. The number of anilines is 2. The van der Waals surface area contributed by atoms with E-state index in [2.05, 4.69) is 24.9 Å². The average molecular weight is 436 g/mol. The van der Waals surface area contributed by atoms with Crippen LogP contribution in [0.25, 0.3) is 5.78 Å². The summed E-state index contributed by atoms with van der Waals surface area (Å²) in [6, 6.07) is 6.87. The third-order valence-electron chi connectivity index (χ3n) is 6.13. The maximum atomic E-state index is 12.9. The van der Waals surface area contributed by atoms with Crippen LogP contribution in [0.2, 0.25) is 0 Å². The second-order valence-electron chi connectivity index (χ2n) is 8.16. The Morgan fingerprint density at radius 3 is 2.47 bits per heavy atom. The minimum absolute atomic E-state index is 0.134. The van der Waals surface area contributed by atoms with Gasteiger partial charge in [-0.1, -0.05) is 0 Å². The molecule has 0 bridgehead atoms. The molecular weight excluding hydrogens is 412 g/mol. The molecule has 1 amide bonds. The molecule has 0 unspecified atom stereocenters. The lowest BCUT2D eigenvalue weighted by Gasteiger charge is -2.37. The molecule has 5 rings (SSSR count). The van der Waals surface area contributed by atoms with Crippen LogP contribution in [-0.4, -0.2) is 74.6 Å². The van der Waals surface area contributed by atoms with Crippen LogP contribution >= 0.6 is 0 Å². The van der Waals surface area contributed by atoms with E-state index < -0.39 is 4.92 Å². The number of carbonyl (C=O) groups is 1. The molecule has 0 aliphatic carbocycles. The Morgan fingerprint density at radius 1 is 1.03 bits per heavy atom. The molecule has 11 nitrogen and oxygen atoms in total. The molecule has 4 heterocycles. The molecule has 3 aromatic rings. The number of piperazine rings is 1. The molecular formula is C21H24N8O3. The molecule has 2 fully saturated rings. The molecule has 0 radical (unpaired) electrons. The van der Waals surface area contributed by atoms with Crippen molar-refractivity contribution in [2.75, 3.05) is 49.1 Å². The van der Waals surface area contributed by atoms with Crippen LogP contribution in [0.4, 0.5) is 17.2 Å². The molecule has 0 spiro atoms. The third kappa shape index (κ3) is 3.59. The summed E-state index contributed by atoms with van der Waals surface area (Å²) >= 11 is 0. The molecule has 32 heavy (non-hydrogen) atoms. The van der Waals surface area contributed by atoms with Gasteiger partial charge in [0.25, 0.3) is 17.4 Å². The molecule has 2 aromatic heterocycles. The van der Waals surface area contributed by atoms with Gasteiger partial charge in [-0.25, -0.2) is 4.98 Å². The van der Waals surface area contributed by atoms with Crippen LogP contribution in [0.15, 0.2) is 30.6 Å². The Hall–Kier alpha value is -3.76. The fourth-order valence-corrected chi connectivity index (χ4v) is 4.47. The van der Waals surface area contributed by atoms with Gasteiger partial charge in [0, 0.05) is 62.8 Å². The zero-order chi connectivity index (χ0) is 22.2. The van der Waals surface area contributed by atoms with E-state index in [0.717, 1.165) is 43.1 Å².